The lowest BCUT2D eigenvalue weighted by molar-refractivity contribution is 0.0132. The molecule has 0 unspecified atom stereocenters. The first kappa shape index (κ1) is 16.0. The number of carbonyl (C=O) groups excluding carboxylic acids is 1. The molecule has 3 aliphatic rings. The van der Waals surface area contributed by atoms with Gasteiger partial charge in [-0.1, -0.05) is 0 Å². The highest BCUT2D eigenvalue weighted by Crippen LogP contribution is 2.47. The van der Waals surface area contributed by atoms with Crippen LogP contribution >= 0.6 is 0 Å². The normalized spacial score (nSPS) is 26.3. The van der Waals surface area contributed by atoms with E-state index in [0.29, 0.717) is 17.0 Å². The number of hydrogen-bond donors (Lipinski definition) is 2. The Morgan fingerprint density at radius 1 is 1.38 bits per heavy atom. The Balaban J connectivity index is 1.44. The van der Waals surface area contributed by atoms with Crippen molar-refractivity contribution in [3.63, 3.8) is 0 Å². The topological polar surface area (TPSA) is 74.7 Å². The summed E-state index contributed by atoms with van der Waals surface area (Å²) in [4.78, 5) is 18.6. The lowest BCUT2D eigenvalue weighted by Crippen LogP contribution is -2.39. The van der Waals surface area contributed by atoms with Crippen LogP contribution in [-0.2, 0) is 17.7 Å². The molecule has 0 aromatic carbocycles. The van der Waals surface area contributed by atoms with E-state index < -0.39 is 5.91 Å². The molecule has 1 aromatic rings. The lowest BCUT2D eigenvalue weighted by atomic mass is 9.78. The summed E-state index contributed by atoms with van der Waals surface area (Å²) in [6.45, 7) is 3.74. The van der Waals surface area contributed by atoms with Gasteiger partial charge in [-0.15, -0.1) is 0 Å². The van der Waals surface area contributed by atoms with Crippen LogP contribution in [0.2, 0.25) is 0 Å². The number of hydroxylamine groups is 1. The fraction of sp³-hybridized carbons (Fsp3) is 0.667. The van der Waals surface area contributed by atoms with Crippen molar-refractivity contribution in [2.75, 3.05) is 19.8 Å². The molecule has 1 saturated carbocycles. The Morgan fingerprint density at radius 2 is 2.21 bits per heavy atom. The standard InChI is InChI=1S/C18H25N3O3/c22-17(20-23)14-9-13-2-6-21(12-16(13)19-11-14)15-1-3-18(10-15)4-7-24-8-5-18/h9,11,15,23H,1-8,10,12H2,(H,20,22)/t15-/m1/s1. The highest BCUT2D eigenvalue weighted by atomic mass is 16.5. The number of hydrogen-bond acceptors (Lipinski definition) is 5. The Labute approximate surface area is 142 Å². The molecule has 1 aromatic heterocycles. The summed E-state index contributed by atoms with van der Waals surface area (Å²) in [7, 11) is 0. The number of amides is 1. The molecule has 1 atom stereocenters. The zero-order chi connectivity index (χ0) is 16.6. The van der Waals surface area contributed by atoms with Gasteiger partial charge >= 0.3 is 0 Å². The average molecular weight is 331 g/mol. The molecule has 6 nitrogen and oxygen atoms in total. The maximum atomic E-state index is 11.5. The van der Waals surface area contributed by atoms with Gasteiger partial charge < -0.3 is 4.74 Å². The highest BCUT2D eigenvalue weighted by molar-refractivity contribution is 5.93. The van der Waals surface area contributed by atoms with Crippen LogP contribution in [0.1, 0.15) is 53.7 Å². The fourth-order valence-electron chi connectivity index (χ4n) is 4.68. The van der Waals surface area contributed by atoms with Gasteiger partial charge in [0.05, 0.1) is 11.3 Å². The SMILES string of the molecule is O=C(NO)c1cnc2c(c1)CCN([C@@H]1CCC3(CCOCC3)C1)C2. The van der Waals surface area contributed by atoms with Gasteiger partial charge in [-0.05, 0) is 55.6 Å². The number of ether oxygens (including phenoxy) is 1. The molecular formula is C18H25N3O3. The maximum Gasteiger partial charge on any atom is 0.276 e. The van der Waals surface area contributed by atoms with Crippen LogP contribution in [0.4, 0.5) is 0 Å². The first-order chi connectivity index (χ1) is 11.7. The Kier molecular flexibility index (Phi) is 4.28. The van der Waals surface area contributed by atoms with Crippen molar-refractivity contribution in [3.05, 3.63) is 29.1 Å². The van der Waals surface area contributed by atoms with E-state index in [2.05, 4.69) is 9.88 Å². The molecule has 2 fully saturated rings. The minimum Gasteiger partial charge on any atom is -0.381 e. The lowest BCUT2D eigenvalue weighted by Gasteiger charge is -2.37. The monoisotopic (exact) mass is 331 g/mol. The first-order valence-corrected chi connectivity index (χ1v) is 8.93. The van der Waals surface area contributed by atoms with Crippen molar-refractivity contribution >= 4 is 5.91 Å². The van der Waals surface area contributed by atoms with Gasteiger partial charge in [-0.2, -0.15) is 0 Å². The van der Waals surface area contributed by atoms with E-state index in [-0.39, 0.29) is 0 Å². The van der Waals surface area contributed by atoms with E-state index >= 15 is 0 Å². The van der Waals surface area contributed by atoms with Crippen molar-refractivity contribution < 1.29 is 14.7 Å². The van der Waals surface area contributed by atoms with Gasteiger partial charge in [0.2, 0.25) is 0 Å². The van der Waals surface area contributed by atoms with Crippen molar-refractivity contribution in [1.29, 1.82) is 0 Å². The number of carbonyl (C=O) groups is 1. The second-order valence-corrected chi connectivity index (χ2v) is 7.50. The van der Waals surface area contributed by atoms with Crippen LogP contribution in [0.25, 0.3) is 0 Å². The van der Waals surface area contributed by atoms with Crippen LogP contribution < -0.4 is 5.48 Å². The summed E-state index contributed by atoms with van der Waals surface area (Å²) in [6, 6.07) is 2.51. The van der Waals surface area contributed by atoms with Crippen molar-refractivity contribution in [1.82, 2.24) is 15.4 Å². The third-order valence-electron chi connectivity index (χ3n) is 6.19. The number of pyridine rings is 1. The molecule has 1 spiro atoms. The first-order valence-electron chi connectivity index (χ1n) is 8.93. The zero-order valence-electron chi connectivity index (χ0n) is 14.0. The third kappa shape index (κ3) is 2.94. The van der Waals surface area contributed by atoms with E-state index in [1.165, 1.54) is 32.1 Å². The smallest absolute Gasteiger partial charge is 0.276 e. The number of rotatable bonds is 2. The minimum atomic E-state index is -0.495. The van der Waals surface area contributed by atoms with Gasteiger partial charge in [0.1, 0.15) is 0 Å². The molecule has 24 heavy (non-hydrogen) atoms. The van der Waals surface area contributed by atoms with Gasteiger partial charge in [0, 0.05) is 38.5 Å². The molecule has 0 radical (unpaired) electrons. The van der Waals surface area contributed by atoms with Crippen molar-refractivity contribution in [3.8, 4) is 0 Å². The largest absolute Gasteiger partial charge is 0.381 e. The minimum absolute atomic E-state index is 0.423. The van der Waals surface area contributed by atoms with Crippen LogP contribution in [0.3, 0.4) is 0 Å². The maximum absolute atomic E-state index is 11.5. The number of nitrogens with one attached hydrogen (secondary N) is 1. The molecule has 130 valence electrons. The molecule has 0 bridgehead atoms. The van der Waals surface area contributed by atoms with Crippen molar-refractivity contribution in [2.45, 2.75) is 51.1 Å². The molecule has 3 heterocycles. The third-order valence-corrected chi connectivity index (χ3v) is 6.19. The Morgan fingerprint density at radius 3 is 3.00 bits per heavy atom. The summed E-state index contributed by atoms with van der Waals surface area (Å²) in [5.41, 5.74) is 4.81. The molecule has 4 rings (SSSR count). The van der Waals surface area contributed by atoms with Crippen LogP contribution in [0, 0.1) is 5.41 Å². The van der Waals surface area contributed by atoms with Crippen LogP contribution in [-0.4, -0.2) is 46.8 Å². The molecule has 2 N–H and O–H groups in total. The quantitative estimate of drug-likeness (QED) is 0.640. The molecule has 2 aliphatic heterocycles. The van der Waals surface area contributed by atoms with Gasteiger partial charge in [-0.3, -0.25) is 19.9 Å². The number of aromatic nitrogens is 1. The van der Waals surface area contributed by atoms with Crippen LogP contribution in [0.5, 0.6) is 0 Å². The van der Waals surface area contributed by atoms with E-state index in [1.807, 2.05) is 6.07 Å². The zero-order valence-corrected chi connectivity index (χ0v) is 14.0. The molecule has 1 saturated heterocycles. The molecule has 6 heteroatoms. The summed E-state index contributed by atoms with van der Waals surface area (Å²) < 4.78 is 5.55. The Bertz CT molecular complexity index is 628. The number of fused-ring (bicyclic) bond motifs is 1. The molecule has 1 aliphatic carbocycles. The average Bonchev–Trinajstić information content (AvgIpc) is 3.04. The van der Waals surface area contributed by atoms with E-state index in [4.69, 9.17) is 9.94 Å². The summed E-state index contributed by atoms with van der Waals surface area (Å²) in [5, 5.41) is 8.75. The van der Waals surface area contributed by atoms with Gasteiger partial charge in [-0.25, -0.2) is 5.48 Å². The molecular weight excluding hydrogens is 306 g/mol. The number of nitrogens with zero attached hydrogens (tertiary/aromatic N) is 2. The summed E-state index contributed by atoms with van der Waals surface area (Å²) in [6.07, 6.45) is 8.80. The van der Waals surface area contributed by atoms with E-state index in [9.17, 15) is 4.79 Å². The van der Waals surface area contributed by atoms with Crippen molar-refractivity contribution in [2.24, 2.45) is 5.41 Å². The highest BCUT2D eigenvalue weighted by Gasteiger charge is 2.42. The van der Waals surface area contributed by atoms with Gasteiger partial charge in [0.15, 0.2) is 0 Å². The Hall–Kier alpha value is -1.50. The second-order valence-electron chi connectivity index (χ2n) is 7.50. The molecule has 1 amide bonds. The second kappa shape index (κ2) is 6.43. The predicted molar refractivity (Wildman–Crippen MR) is 87.7 cm³/mol. The van der Waals surface area contributed by atoms with Crippen LogP contribution in [0.15, 0.2) is 12.3 Å². The fourth-order valence-corrected chi connectivity index (χ4v) is 4.68. The van der Waals surface area contributed by atoms with E-state index in [0.717, 1.165) is 44.0 Å². The summed E-state index contributed by atoms with van der Waals surface area (Å²) >= 11 is 0. The predicted octanol–water partition coefficient (Wildman–Crippen LogP) is 1.91. The van der Waals surface area contributed by atoms with Gasteiger partial charge in [0.25, 0.3) is 5.91 Å². The van der Waals surface area contributed by atoms with E-state index in [1.54, 1.807) is 11.7 Å². The summed E-state index contributed by atoms with van der Waals surface area (Å²) in [5.74, 6) is -0.495.